The lowest BCUT2D eigenvalue weighted by atomic mass is 10.1. The highest BCUT2D eigenvalue weighted by Gasteiger charge is 2.30. The summed E-state index contributed by atoms with van der Waals surface area (Å²) < 4.78 is 6.16. The molecule has 2 heterocycles. The molecule has 1 aliphatic rings. The maximum absolute atomic E-state index is 9.39. The summed E-state index contributed by atoms with van der Waals surface area (Å²) in [6.45, 7) is 7.51. The molecule has 0 bridgehead atoms. The van der Waals surface area contributed by atoms with Crippen LogP contribution >= 0.6 is 0 Å². The topological polar surface area (TPSA) is 49.1 Å². The fourth-order valence-corrected chi connectivity index (χ4v) is 2.85. The van der Waals surface area contributed by atoms with Crippen LogP contribution in [0.3, 0.4) is 0 Å². The minimum absolute atomic E-state index is 0.337. The van der Waals surface area contributed by atoms with Crippen LogP contribution in [0, 0.1) is 18.3 Å². The first kappa shape index (κ1) is 14.4. The molecule has 0 spiro atoms. The number of fused-ring (bicyclic) bond motifs is 1. The molecule has 4 heteroatoms. The van der Waals surface area contributed by atoms with E-state index in [4.69, 9.17) is 4.74 Å². The first-order valence-corrected chi connectivity index (χ1v) is 7.37. The van der Waals surface area contributed by atoms with Crippen molar-refractivity contribution in [2.75, 3.05) is 11.4 Å². The van der Waals surface area contributed by atoms with E-state index in [1.165, 1.54) is 0 Å². The number of aryl methyl sites for hydroxylation is 1. The Bertz CT molecular complexity index is 746. The summed E-state index contributed by atoms with van der Waals surface area (Å²) in [5.74, 6) is 0.916. The van der Waals surface area contributed by atoms with E-state index in [2.05, 4.69) is 35.9 Å². The van der Waals surface area contributed by atoms with Crippen molar-refractivity contribution in [3.8, 4) is 11.8 Å². The van der Waals surface area contributed by atoms with Crippen molar-refractivity contribution in [3.05, 3.63) is 53.3 Å². The molecule has 0 N–H and O–H groups in total. The van der Waals surface area contributed by atoms with Gasteiger partial charge < -0.3 is 9.64 Å². The maximum Gasteiger partial charge on any atom is 0.125 e. The minimum atomic E-state index is -0.337. The second-order valence-electron chi connectivity index (χ2n) is 6.28. The highest BCUT2D eigenvalue weighted by molar-refractivity contribution is 5.60. The fourth-order valence-electron chi connectivity index (χ4n) is 2.85. The summed E-state index contributed by atoms with van der Waals surface area (Å²) in [6, 6.07) is 12.3. The predicted octanol–water partition coefficient (Wildman–Crippen LogP) is 3.44. The van der Waals surface area contributed by atoms with Crippen LogP contribution in [0.4, 0.5) is 5.69 Å². The summed E-state index contributed by atoms with van der Waals surface area (Å²) in [7, 11) is 0. The number of anilines is 1. The van der Waals surface area contributed by atoms with Gasteiger partial charge in [0.05, 0.1) is 17.8 Å². The van der Waals surface area contributed by atoms with Crippen molar-refractivity contribution in [2.24, 2.45) is 0 Å². The Hall–Kier alpha value is -2.54. The summed E-state index contributed by atoms with van der Waals surface area (Å²) in [5.41, 5.74) is 3.22. The molecule has 0 amide bonds. The van der Waals surface area contributed by atoms with Crippen LogP contribution in [0.2, 0.25) is 0 Å². The zero-order valence-corrected chi connectivity index (χ0v) is 13.1. The van der Waals surface area contributed by atoms with Crippen LogP contribution in [-0.2, 0) is 6.54 Å². The Labute approximate surface area is 131 Å². The molecule has 1 aromatic carbocycles. The number of hydrogen-bond acceptors (Lipinski definition) is 4. The first-order chi connectivity index (χ1) is 10.5. The Balaban J connectivity index is 2.08. The maximum atomic E-state index is 9.39. The van der Waals surface area contributed by atoms with Crippen LogP contribution in [0.15, 0.2) is 36.5 Å². The minimum Gasteiger partial charge on any atom is -0.486 e. The van der Waals surface area contributed by atoms with Crippen LogP contribution in [0.25, 0.3) is 0 Å². The molecule has 0 aliphatic carbocycles. The van der Waals surface area contributed by atoms with Gasteiger partial charge in [0, 0.05) is 24.0 Å². The molecule has 1 aromatic heterocycles. The lowest BCUT2D eigenvalue weighted by Crippen LogP contribution is -2.41. The van der Waals surface area contributed by atoms with Crippen molar-refractivity contribution in [1.82, 2.24) is 4.98 Å². The Kier molecular flexibility index (Phi) is 3.50. The molecule has 112 valence electrons. The monoisotopic (exact) mass is 293 g/mol. The van der Waals surface area contributed by atoms with Crippen molar-refractivity contribution in [3.63, 3.8) is 0 Å². The lowest BCUT2D eigenvalue weighted by molar-refractivity contribution is 0.121. The molecule has 0 radical (unpaired) electrons. The van der Waals surface area contributed by atoms with E-state index in [1.807, 2.05) is 31.2 Å². The molecular formula is C18H19N3O. The molecule has 0 fully saturated rings. The smallest absolute Gasteiger partial charge is 0.125 e. The fraction of sp³-hybridized carbons (Fsp3) is 0.333. The van der Waals surface area contributed by atoms with Gasteiger partial charge in [0.1, 0.15) is 17.4 Å². The molecule has 0 saturated carbocycles. The van der Waals surface area contributed by atoms with Crippen molar-refractivity contribution in [1.29, 1.82) is 5.26 Å². The quantitative estimate of drug-likeness (QED) is 0.808. The van der Waals surface area contributed by atoms with Gasteiger partial charge in [-0.05, 0) is 32.9 Å². The SMILES string of the molecule is Cc1cc(N2Cc3ccccc3OC(C)(C)C2)c(C#N)cn1. The zero-order valence-electron chi connectivity index (χ0n) is 13.1. The number of para-hydroxylation sites is 1. The summed E-state index contributed by atoms with van der Waals surface area (Å²) in [5, 5.41) is 9.39. The molecule has 1 aliphatic heterocycles. The van der Waals surface area contributed by atoms with Crippen LogP contribution in [0.5, 0.6) is 5.75 Å². The molecule has 3 rings (SSSR count). The average molecular weight is 293 g/mol. The number of pyridine rings is 1. The molecule has 22 heavy (non-hydrogen) atoms. The Morgan fingerprint density at radius 1 is 1.32 bits per heavy atom. The van der Waals surface area contributed by atoms with E-state index in [9.17, 15) is 5.26 Å². The number of nitrogens with zero attached hydrogens (tertiary/aromatic N) is 3. The Morgan fingerprint density at radius 2 is 2.09 bits per heavy atom. The normalized spacial score (nSPS) is 16.2. The molecule has 0 saturated heterocycles. The summed E-state index contributed by atoms with van der Waals surface area (Å²) in [4.78, 5) is 6.44. The average Bonchev–Trinajstić information content (AvgIpc) is 2.61. The number of nitriles is 1. The number of hydrogen-bond donors (Lipinski definition) is 0. The standard InChI is InChI=1S/C18H19N3O/c1-13-8-16(15(9-19)10-20-13)21-11-14-6-4-5-7-17(14)22-18(2,3)12-21/h4-8,10H,11-12H2,1-3H3. The van der Waals surface area contributed by atoms with Gasteiger partial charge in [0.25, 0.3) is 0 Å². The van der Waals surface area contributed by atoms with Crippen LogP contribution < -0.4 is 9.64 Å². The van der Waals surface area contributed by atoms with Gasteiger partial charge in [0.2, 0.25) is 0 Å². The second kappa shape index (κ2) is 5.34. The number of ether oxygens (including phenoxy) is 1. The third-order valence-corrected chi connectivity index (χ3v) is 3.77. The molecule has 0 unspecified atom stereocenters. The third-order valence-electron chi connectivity index (χ3n) is 3.77. The number of rotatable bonds is 1. The lowest BCUT2D eigenvalue weighted by Gasteiger charge is -2.31. The summed E-state index contributed by atoms with van der Waals surface area (Å²) in [6.07, 6.45) is 1.65. The summed E-state index contributed by atoms with van der Waals surface area (Å²) >= 11 is 0. The number of benzene rings is 1. The number of aromatic nitrogens is 1. The predicted molar refractivity (Wildman–Crippen MR) is 85.9 cm³/mol. The van der Waals surface area contributed by atoms with E-state index in [0.29, 0.717) is 12.1 Å². The van der Waals surface area contributed by atoms with E-state index >= 15 is 0 Å². The van der Waals surface area contributed by atoms with Gasteiger partial charge in [-0.15, -0.1) is 0 Å². The van der Waals surface area contributed by atoms with E-state index in [0.717, 1.165) is 29.2 Å². The van der Waals surface area contributed by atoms with E-state index < -0.39 is 0 Å². The molecular weight excluding hydrogens is 274 g/mol. The van der Waals surface area contributed by atoms with E-state index in [1.54, 1.807) is 6.20 Å². The van der Waals surface area contributed by atoms with Crippen molar-refractivity contribution >= 4 is 5.69 Å². The highest BCUT2D eigenvalue weighted by Crippen LogP contribution is 2.33. The largest absolute Gasteiger partial charge is 0.486 e. The zero-order chi connectivity index (χ0) is 15.7. The van der Waals surface area contributed by atoms with Gasteiger partial charge in [0.15, 0.2) is 0 Å². The molecule has 2 aromatic rings. The van der Waals surface area contributed by atoms with Crippen LogP contribution in [0.1, 0.15) is 30.7 Å². The van der Waals surface area contributed by atoms with Crippen LogP contribution in [-0.4, -0.2) is 17.1 Å². The Morgan fingerprint density at radius 3 is 2.86 bits per heavy atom. The molecule has 0 atom stereocenters. The molecule has 4 nitrogen and oxygen atoms in total. The van der Waals surface area contributed by atoms with Crippen molar-refractivity contribution in [2.45, 2.75) is 32.9 Å². The third kappa shape index (κ3) is 2.75. The van der Waals surface area contributed by atoms with E-state index in [-0.39, 0.29) is 5.60 Å². The van der Waals surface area contributed by atoms with Gasteiger partial charge in [-0.3, -0.25) is 4.98 Å². The van der Waals surface area contributed by atoms with Crippen molar-refractivity contribution < 1.29 is 4.74 Å². The van der Waals surface area contributed by atoms with Gasteiger partial charge in [-0.25, -0.2) is 0 Å². The first-order valence-electron chi connectivity index (χ1n) is 7.37. The highest BCUT2D eigenvalue weighted by atomic mass is 16.5. The van der Waals surface area contributed by atoms with Gasteiger partial charge in [-0.1, -0.05) is 18.2 Å². The van der Waals surface area contributed by atoms with Gasteiger partial charge >= 0.3 is 0 Å². The van der Waals surface area contributed by atoms with Gasteiger partial charge in [-0.2, -0.15) is 5.26 Å². The second-order valence-corrected chi connectivity index (χ2v) is 6.28.